The topological polar surface area (TPSA) is 149 Å². The van der Waals surface area contributed by atoms with Crippen molar-refractivity contribution in [1.29, 1.82) is 0 Å². The number of carbonyl (C=O) groups excluding carboxylic acids is 1. The van der Waals surface area contributed by atoms with Crippen LogP contribution in [0.1, 0.15) is 26.2 Å². The highest BCUT2D eigenvalue weighted by Gasteiger charge is 2.13. The van der Waals surface area contributed by atoms with Crippen LogP contribution < -0.4 is 10.1 Å². The van der Waals surface area contributed by atoms with Gasteiger partial charge in [-0.1, -0.05) is 0 Å². The molecule has 1 heterocycles. The van der Waals surface area contributed by atoms with E-state index in [1.807, 2.05) is 0 Å². The first kappa shape index (κ1) is 44.2. The van der Waals surface area contributed by atoms with Crippen molar-refractivity contribution in [2.24, 2.45) is 0 Å². The van der Waals surface area contributed by atoms with Crippen molar-refractivity contribution in [2.45, 2.75) is 32.5 Å². The van der Waals surface area contributed by atoms with E-state index in [4.69, 9.17) is 61.6 Å². The van der Waals surface area contributed by atoms with Crippen LogP contribution >= 0.6 is 0 Å². The molecule has 0 radical (unpaired) electrons. The molecule has 1 aromatic carbocycles. The smallest absolute Gasteiger partial charge is 0.221 e. The van der Waals surface area contributed by atoms with Crippen LogP contribution in [0.5, 0.6) is 5.75 Å². The van der Waals surface area contributed by atoms with Gasteiger partial charge >= 0.3 is 0 Å². The number of carbonyl (C=O) groups is 1. The molecular weight excluding hydrogens is 658 g/mol. The van der Waals surface area contributed by atoms with Gasteiger partial charge in [0.25, 0.3) is 0 Å². The van der Waals surface area contributed by atoms with E-state index in [0.717, 1.165) is 31.6 Å². The first-order chi connectivity index (χ1) is 24.7. The van der Waals surface area contributed by atoms with Gasteiger partial charge in [-0.05, 0) is 43.5 Å². The second-order valence-electron chi connectivity index (χ2n) is 10.8. The van der Waals surface area contributed by atoms with Crippen molar-refractivity contribution in [2.75, 3.05) is 157 Å². The molecular formula is C35H61NO14. The van der Waals surface area contributed by atoms with Gasteiger partial charge in [0.2, 0.25) is 5.91 Å². The lowest BCUT2D eigenvalue weighted by Crippen LogP contribution is -2.24. The number of nitrogens with one attached hydrogen (secondary N) is 1. The molecule has 1 atom stereocenters. The predicted octanol–water partition coefficient (Wildman–Crippen LogP) is 2.73. The summed E-state index contributed by atoms with van der Waals surface area (Å²) >= 11 is 0. The van der Waals surface area contributed by atoms with Gasteiger partial charge in [-0.15, -0.1) is 0 Å². The van der Waals surface area contributed by atoms with Crippen LogP contribution in [-0.2, 0) is 61.6 Å². The highest BCUT2D eigenvalue weighted by atomic mass is 16.7. The molecule has 0 spiro atoms. The van der Waals surface area contributed by atoms with E-state index in [2.05, 4.69) is 5.32 Å². The van der Waals surface area contributed by atoms with E-state index in [0.29, 0.717) is 151 Å². The number of amides is 1. The molecule has 2 rings (SSSR count). The van der Waals surface area contributed by atoms with Gasteiger partial charge in [0.05, 0.1) is 139 Å². The highest BCUT2D eigenvalue weighted by Crippen LogP contribution is 2.15. The monoisotopic (exact) mass is 719 g/mol. The Bertz CT molecular complexity index is 875. The van der Waals surface area contributed by atoms with Gasteiger partial charge in [0.15, 0.2) is 6.29 Å². The normalized spacial score (nSPS) is 14.6. The lowest BCUT2D eigenvalue weighted by atomic mass is 10.2. The summed E-state index contributed by atoms with van der Waals surface area (Å²) < 4.78 is 71.6. The quantitative estimate of drug-likeness (QED) is 0.101. The Morgan fingerprint density at radius 1 is 0.540 bits per heavy atom. The Kier molecular flexibility index (Phi) is 30.1. The molecule has 1 N–H and O–H groups in total. The number of hydrogen-bond acceptors (Lipinski definition) is 14. The van der Waals surface area contributed by atoms with E-state index in [9.17, 15) is 4.79 Å². The van der Waals surface area contributed by atoms with Crippen molar-refractivity contribution >= 4 is 11.6 Å². The molecule has 0 aliphatic carbocycles. The first-order valence-electron chi connectivity index (χ1n) is 17.7. The molecule has 50 heavy (non-hydrogen) atoms. The van der Waals surface area contributed by atoms with E-state index in [1.54, 1.807) is 24.3 Å². The largest absolute Gasteiger partial charge is 0.491 e. The summed E-state index contributed by atoms with van der Waals surface area (Å²) in [5.74, 6) is 0.608. The van der Waals surface area contributed by atoms with Crippen molar-refractivity contribution in [3.8, 4) is 5.75 Å². The number of anilines is 1. The van der Waals surface area contributed by atoms with Crippen LogP contribution in [0, 0.1) is 0 Å². The van der Waals surface area contributed by atoms with Gasteiger partial charge in [0, 0.05) is 19.2 Å². The second-order valence-corrected chi connectivity index (χ2v) is 10.8. The molecule has 1 unspecified atom stereocenters. The molecule has 15 nitrogen and oxygen atoms in total. The maximum Gasteiger partial charge on any atom is 0.221 e. The Morgan fingerprint density at radius 3 is 1.24 bits per heavy atom. The minimum absolute atomic E-state index is 0.0697. The van der Waals surface area contributed by atoms with Crippen molar-refractivity contribution in [1.82, 2.24) is 0 Å². The molecule has 0 saturated carbocycles. The zero-order valence-electron chi connectivity index (χ0n) is 30.0. The van der Waals surface area contributed by atoms with E-state index >= 15 is 0 Å². The molecule has 0 aromatic heterocycles. The lowest BCUT2D eigenvalue weighted by molar-refractivity contribution is -0.169. The lowest BCUT2D eigenvalue weighted by Gasteiger charge is -2.22. The maximum absolute atomic E-state index is 11.0. The zero-order valence-corrected chi connectivity index (χ0v) is 30.0. The zero-order chi connectivity index (χ0) is 35.4. The maximum atomic E-state index is 11.0. The van der Waals surface area contributed by atoms with Gasteiger partial charge in [-0.25, -0.2) is 0 Å². The average Bonchev–Trinajstić information content (AvgIpc) is 3.12. The first-order valence-corrected chi connectivity index (χ1v) is 17.7. The minimum Gasteiger partial charge on any atom is -0.491 e. The second kappa shape index (κ2) is 34.1. The Labute approximate surface area is 297 Å². The molecule has 1 fully saturated rings. The summed E-state index contributed by atoms with van der Waals surface area (Å²) in [6.07, 6.45) is 3.18. The molecule has 290 valence electrons. The fourth-order valence-corrected chi connectivity index (χ4v) is 4.22. The Hall–Kier alpha value is -1.99. The summed E-state index contributed by atoms with van der Waals surface area (Å²) in [6, 6.07) is 7.18. The SMILES string of the molecule is CC(=O)Nc1ccc(OCCOCCOCCOCCOCCOCCOCCOCCOCCOCCOCCOC2CCCCO2)cc1. The van der Waals surface area contributed by atoms with Gasteiger partial charge in [0.1, 0.15) is 12.4 Å². The minimum atomic E-state index is -0.108. The van der Waals surface area contributed by atoms with E-state index in [1.165, 1.54) is 6.92 Å². The van der Waals surface area contributed by atoms with E-state index < -0.39 is 0 Å². The number of rotatable bonds is 36. The molecule has 1 amide bonds. The summed E-state index contributed by atoms with van der Waals surface area (Å²) in [6.45, 7) is 13.3. The Morgan fingerprint density at radius 2 is 0.900 bits per heavy atom. The summed E-state index contributed by atoms with van der Waals surface area (Å²) in [7, 11) is 0. The van der Waals surface area contributed by atoms with Crippen LogP contribution in [-0.4, -0.2) is 164 Å². The van der Waals surface area contributed by atoms with Crippen molar-refractivity contribution < 1.29 is 66.4 Å². The molecule has 1 aromatic rings. The fourth-order valence-electron chi connectivity index (χ4n) is 4.22. The fraction of sp³-hybridized carbons (Fsp3) is 0.800. The third-order valence-electron chi connectivity index (χ3n) is 6.69. The van der Waals surface area contributed by atoms with Crippen LogP contribution in [0.15, 0.2) is 24.3 Å². The number of benzene rings is 1. The highest BCUT2D eigenvalue weighted by molar-refractivity contribution is 5.88. The van der Waals surface area contributed by atoms with Crippen LogP contribution in [0.2, 0.25) is 0 Å². The van der Waals surface area contributed by atoms with Crippen LogP contribution in [0.25, 0.3) is 0 Å². The molecule has 0 bridgehead atoms. The summed E-state index contributed by atoms with van der Waals surface area (Å²) in [5, 5.41) is 2.71. The molecule has 1 aliphatic rings. The third kappa shape index (κ3) is 28.7. The summed E-state index contributed by atoms with van der Waals surface area (Å²) in [4.78, 5) is 11.0. The third-order valence-corrected chi connectivity index (χ3v) is 6.69. The predicted molar refractivity (Wildman–Crippen MR) is 184 cm³/mol. The molecule has 1 saturated heterocycles. The van der Waals surface area contributed by atoms with Gasteiger partial charge in [-0.3, -0.25) is 4.79 Å². The number of hydrogen-bond donors (Lipinski definition) is 1. The number of ether oxygens (including phenoxy) is 13. The van der Waals surface area contributed by atoms with Crippen molar-refractivity contribution in [3.05, 3.63) is 24.3 Å². The van der Waals surface area contributed by atoms with Crippen LogP contribution in [0.4, 0.5) is 5.69 Å². The molecule has 1 aliphatic heterocycles. The molecule has 15 heteroatoms. The van der Waals surface area contributed by atoms with Crippen LogP contribution in [0.3, 0.4) is 0 Å². The van der Waals surface area contributed by atoms with E-state index in [-0.39, 0.29) is 12.2 Å². The van der Waals surface area contributed by atoms with Crippen molar-refractivity contribution in [3.63, 3.8) is 0 Å². The standard InChI is InChI=1S/C35H61NO14/c1-32(37)36-33-5-7-34(8-6-33)48-30-28-46-26-24-44-22-20-42-18-16-40-14-12-38-10-11-39-13-15-41-17-19-43-21-23-45-25-27-47-29-31-50-35-4-2-3-9-49-35/h5-8,35H,2-4,9-31H2,1H3,(H,36,37). The van der Waals surface area contributed by atoms with Gasteiger partial charge in [-0.2, -0.15) is 0 Å². The summed E-state index contributed by atoms with van der Waals surface area (Å²) in [5.41, 5.74) is 0.731. The Balaban J connectivity index is 1.15. The van der Waals surface area contributed by atoms with Gasteiger partial charge < -0.3 is 66.9 Å². The average molecular weight is 720 g/mol.